The maximum Gasteiger partial charge on any atom is 0.305 e. The predicted octanol–water partition coefficient (Wildman–Crippen LogP) is -0.112. The third-order valence-corrected chi connectivity index (χ3v) is 0.939. The van der Waals surface area contributed by atoms with Crippen molar-refractivity contribution in [2.45, 2.75) is 6.42 Å². The smallest absolute Gasteiger partial charge is 0.305 e. The molecule has 0 aliphatic heterocycles. The largest absolute Gasteiger partial charge is 0.481 e. The van der Waals surface area contributed by atoms with E-state index in [-0.39, 0.29) is 19.5 Å². The van der Waals surface area contributed by atoms with Gasteiger partial charge >= 0.3 is 5.97 Å². The highest BCUT2D eigenvalue weighted by atomic mass is 16.4. The molecule has 0 bridgehead atoms. The Morgan fingerprint density at radius 3 is 2.75 bits per heavy atom. The average molecular weight is 172 g/mol. The summed E-state index contributed by atoms with van der Waals surface area (Å²) in [4.78, 5) is 22.9. The van der Waals surface area contributed by atoms with Gasteiger partial charge in [-0.25, -0.2) is 0 Å². The Kier molecular flexibility index (Phi) is 5.12. The van der Waals surface area contributed by atoms with E-state index in [0.29, 0.717) is 0 Å². The van der Waals surface area contributed by atoms with Gasteiger partial charge in [0.05, 0.1) is 6.42 Å². The highest BCUT2D eigenvalue weighted by molar-refractivity contribution is 5.78. The quantitative estimate of drug-likeness (QED) is 0.342. The van der Waals surface area contributed by atoms with E-state index in [2.05, 4.69) is 15.3 Å². The van der Waals surface area contributed by atoms with Crippen LogP contribution in [0.2, 0.25) is 0 Å². The van der Waals surface area contributed by atoms with E-state index < -0.39 is 11.9 Å². The number of hydrogen-bond acceptors (Lipinski definition) is 3. The predicted molar refractivity (Wildman–Crippen MR) is 39.3 cm³/mol. The first-order valence-electron chi connectivity index (χ1n) is 3.16. The van der Waals surface area contributed by atoms with Crippen molar-refractivity contribution in [1.82, 2.24) is 5.32 Å². The molecule has 0 atom stereocenters. The maximum absolute atomic E-state index is 10.6. The van der Waals surface area contributed by atoms with E-state index >= 15 is 0 Å². The molecule has 0 fully saturated rings. The van der Waals surface area contributed by atoms with Gasteiger partial charge < -0.3 is 10.4 Å². The van der Waals surface area contributed by atoms with E-state index in [4.69, 9.17) is 10.6 Å². The molecule has 0 aromatic heterocycles. The minimum Gasteiger partial charge on any atom is -0.481 e. The van der Waals surface area contributed by atoms with Crippen molar-refractivity contribution >= 4 is 11.9 Å². The Morgan fingerprint density at radius 2 is 2.25 bits per heavy atom. The molecule has 0 aromatic carbocycles. The first-order chi connectivity index (χ1) is 5.66. The number of carboxylic acid groups (broad SMARTS) is 1. The molecule has 0 heterocycles. The van der Waals surface area contributed by atoms with Gasteiger partial charge in [0.15, 0.2) is 0 Å². The van der Waals surface area contributed by atoms with E-state index in [9.17, 15) is 9.59 Å². The highest BCUT2D eigenvalue weighted by Crippen LogP contribution is 1.77. The molecule has 0 radical (unpaired) electrons. The molecule has 1 amide bonds. The summed E-state index contributed by atoms with van der Waals surface area (Å²) < 4.78 is 0. The van der Waals surface area contributed by atoms with Crippen molar-refractivity contribution in [1.29, 1.82) is 0 Å². The summed E-state index contributed by atoms with van der Waals surface area (Å²) in [6.45, 7) is -0.245. The lowest BCUT2D eigenvalue weighted by Gasteiger charge is -1.98. The van der Waals surface area contributed by atoms with Crippen molar-refractivity contribution in [2.75, 3.05) is 13.1 Å². The first kappa shape index (κ1) is 10.2. The number of carboxylic acids is 1. The molecule has 7 heteroatoms. The van der Waals surface area contributed by atoms with Crippen LogP contribution in [0.5, 0.6) is 0 Å². The standard InChI is InChI=1S/C5H8N4O3/c6-9-8-3-4(10)7-2-1-5(11)12/h1-3H2,(H,7,10)(H,11,12). The molecule has 0 aliphatic rings. The summed E-state index contributed by atoms with van der Waals surface area (Å²) in [5.41, 5.74) is 7.81. The molecule has 7 nitrogen and oxygen atoms in total. The summed E-state index contributed by atoms with van der Waals surface area (Å²) >= 11 is 0. The Morgan fingerprint density at radius 1 is 1.58 bits per heavy atom. The van der Waals surface area contributed by atoms with Gasteiger partial charge in [-0.2, -0.15) is 0 Å². The van der Waals surface area contributed by atoms with Crippen LogP contribution < -0.4 is 5.32 Å². The Labute approximate surface area is 68.0 Å². The lowest BCUT2D eigenvalue weighted by atomic mass is 10.4. The zero-order valence-corrected chi connectivity index (χ0v) is 6.23. The third kappa shape index (κ3) is 6.37. The number of nitrogens with one attached hydrogen (secondary N) is 1. The van der Waals surface area contributed by atoms with Crippen LogP contribution in [0.3, 0.4) is 0 Å². The van der Waals surface area contributed by atoms with Crippen LogP contribution in [0.1, 0.15) is 6.42 Å². The van der Waals surface area contributed by atoms with Gasteiger partial charge in [-0.3, -0.25) is 9.59 Å². The Balaban J connectivity index is 3.44. The van der Waals surface area contributed by atoms with Crippen LogP contribution in [0, 0.1) is 0 Å². The van der Waals surface area contributed by atoms with Crippen LogP contribution in [-0.4, -0.2) is 30.1 Å². The zero-order chi connectivity index (χ0) is 9.40. The number of azide groups is 1. The van der Waals surface area contributed by atoms with Crippen molar-refractivity contribution in [3.05, 3.63) is 10.4 Å². The molecule has 0 saturated heterocycles. The van der Waals surface area contributed by atoms with Crippen LogP contribution in [-0.2, 0) is 9.59 Å². The highest BCUT2D eigenvalue weighted by Gasteiger charge is 1.99. The van der Waals surface area contributed by atoms with Gasteiger partial charge in [-0.05, 0) is 5.53 Å². The van der Waals surface area contributed by atoms with Crippen molar-refractivity contribution in [3.63, 3.8) is 0 Å². The lowest BCUT2D eigenvalue weighted by molar-refractivity contribution is -0.136. The monoisotopic (exact) mass is 172 g/mol. The van der Waals surface area contributed by atoms with Gasteiger partial charge in [0.2, 0.25) is 5.91 Å². The Hall–Kier alpha value is -1.75. The molecule has 0 unspecified atom stereocenters. The number of amides is 1. The molecule has 0 aliphatic carbocycles. The Bertz CT molecular complexity index is 221. The second kappa shape index (κ2) is 5.99. The van der Waals surface area contributed by atoms with E-state index in [1.165, 1.54) is 0 Å². The molecule has 12 heavy (non-hydrogen) atoms. The first-order valence-corrected chi connectivity index (χ1v) is 3.16. The summed E-state index contributed by atoms with van der Waals surface area (Å²) in [6.07, 6.45) is -0.137. The van der Waals surface area contributed by atoms with Gasteiger partial charge in [-0.15, -0.1) is 0 Å². The molecule has 66 valence electrons. The summed E-state index contributed by atoms with van der Waals surface area (Å²) in [5, 5.41) is 13.4. The summed E-state index contributed by atoms with van der Waals surface area (Å²) in [7, 11) is 0. The third-order valence-electron chi connectivity index (χ3n) is 0.939. The van der Waals surface area contributed by atoms with Gasteiger partial charge in [0.25, 0.3) is 0 Å². The minimum absolute atomic E-state index is 0.0507. The second-order valence-corrected chi connectivity index (χ2v) is 1.88. The van der Waals surface area contributed by atoms with Gasteiger partial charge in [-0.1, -0.05) is 5.11 Å². The topological polar surface area (TPSA) is 115 Å². The fraction of sp³-hybridized carbons (Fsp3) is 0.600. The van der Waals surface area contributed by atoms with Crippen LogP contribution in [0.15, 0.2) is 5.11 Å². The van der Waals surface area contributed by atoms with Crippen molar-refractivity contribution in [2.24, 2.45) is 5.11 Å². The molecule has 0 saturated carbocycles. The molecule has 0 spiro atoms. The number of aliphatic carboxylic acids is 1. The molecule has 0 aromatic rings. The van der Waals surface area contributed by atoms with E-state index in [1.807, 2.05) is 0 Å². The number of nitrogens with zero attached hydrogens (tertiary/aromatic N) is 3. The minimum atomic E-state index is -0.987. The second-order valence-electron chi connectivity index (χ2n) is 1.88. The van der Waals surface area contributed by atoms with Crippen LogP contribution >= 0.6 is 0 Å². The molecular weight excluding hydrogens is 164 g/mol. The van der Waals surface area contributed by atoms with Crippen molar-refractivity contribution in [3.8, 4) is 0 Å². The van der Waals surface area contributed by atoms with Crippen molar-refractivity contribution < 1.29 is 14.7 Å². The average Bonchev–Trinajstić information content (AvgIpc) is 2.00. The zero-order valence-electron chi connectivity index (χ0n) is 6.23. The lowest BCUT2D eigenvalue weighted by Crippen LogP contribution is -2.27. The molecular formula is C5H8N4O3. The number of rotatable bonds is 5. The van der Waals surface area contributed by atoms with Crippen LogP contribution in [0.25, 0.3) is 10.4 Å². The van der Waals surface area contributed by atoms with Gasteiger partial charge in [0.1, 0.15) is 6.54 Å². The fourth-order valence-corrected chi connectivity index (χ4v) is 0.461. The summed E-state index contributed by atoms with van der Waals surface area (Å²) in [5.74, 6) is -1.46. The SMILES string of the molecule is [N-]=[N+]=NCC(=O)NCCC(=O)O. The summed E-state index contributed by atoms with van der Waals surface area (Å²) in [6, 6.07) is 0. The fourth-order valence-electron chi connectivity index (χ4n) is 0.461. The number of carbonyl (C=O) groups is 2. The maximum atomic E-state index is 10.6. The van der Waals surface area contributed by atoms with E-state index in [1.54, 1.807) is 0 Å². The van der Waals surface area contributed by atoms with E-state index in [0.717, 1.165) is 0 Å². The molecule has 0 rings (SSSR count). The number of hydrogen-bond donors (Lipinski definition) is 2. The van der Waals surface area contributed by atoms with Gasteiger partial charge in [0, 0.05) is 11.5 Å². The molecule has 2 N–H and O–H groups in total. The number of carbonyl (C=O) groups excluding carboxylic acids is 1. The normalized spacial score (nSPS) is 8.33. The van der Waals surface area contributed by atoms with Crippen LogP contribution in [0.4, 0.5) is 0 Å².